The fourth-order valence-electron chi connectivity index (χ4n) is 4.47. The lowest BCUT2D eigenvalue weighted by Gasteiger charge is -2.25. The third kappa shape index (κ3) is 4.71. The summed E-state index contributed by atoms with van der Waals surface area (Å²) in [5.41, 5.74) is 10.7. The van der Waals surface area contributed by atoms with Crippen molar-refractivity contribution in [3.8, 4) is 11.3 Å². The fraction of sp³-hybridized carbons (Fsp3) is 0.308. The molecule has 33 heavy (non-hydrogen) atoms. The van der Waals surface area contributed by atoms with Gasteiger partial charge < -0.3 is 11.1 Å². The van der Waals surface area contributed by atoms with Crippen molar-refractivity contribution < 1.29 is 0 Å². The van der Waals surface area contributed by atoms with Crippen LogP contribution in [-0.2, 0) is 13.1 Å². The van der Waals surface area contributed by atoms with Gasteiger partial charge in [0.15, 0.2) is 11.3 Å². The molecule has 5 rings (SSSR count). The first kappa shape index (κ1) is 21.1. The van der Waals surface area contributed by atoms with Gasteiger partial charge in [0.2, 0.25) is 5.95 Å². The SMILES string of the molecule is [C-]#[N+]c1ccc(CNc2ncc3c(-c4ccccc4)nn(CC4CCC(N)CC4)c3n2)cc1. The Labute approximate surface area is 193 Å². The molecule has 0 atom stereocenters. The average molecular weight is 438 g/mol. The van der Waals surface area contributed by atoms with Crippen molar-refractivity contribution in [3.05, 3.63) is 77.8 Å². The summed E-state index contributed by atoms with van der Waals surface area (Å²) < 4.78 is 2.05. The van der Waals surface area contributed by atoms with Crippen LogP contribution >= 0.6 is 0 Å². The van der Waals surface area contributed by atoms with Crippen LogP contribution in [0.1, 0.15) is 31.2 Å². The minimum atomic E-state index is 0.331. The molecule has 166 valence electrons. The minimum absolute atomic E-state index is 0.331. The topological polar surface area (TPSA) is 86.0 Å². The number of hydrogen-bond acceptors (Lipinski definition) is 5. The van der Waals surface area contributed by atoms with Crippen LogP contribution in [0.3, 0.4) is 0 Å². The largest absolute Gasteiger partial charge is 0.350 e. The Bertz CT molecular complexity index is 1260. The standard InChI is InChI=1S/C26H27N7/c1-28-22-13-9-18(10-14-22)15-29-26-30-16-23-24(20-5-3-2-4-6-20)32-33(25(23)31-26)17-19-7-11-21(27)12-8-19/h2-6,9-10,13-14,16,19,21H,7-8,11-12,15,17,27H2,(H,29,30,31). The van der Waals surface area contributed by atoms with Gasteiger partial charge in [0.05, 0.1) is 12.0 Å². The van der Waals surface area contributed by atoms with Gasteiger partial charge in [0.1, 0.15) is 5.69 Å². The maximum Gasteiger partial charge on any atom is 0.224 e. The first-order chi connectivity index (χ1) is 16.2. The summed E-state index contributed by atoms with van der Waals surface area (Å²) in [6, 6.07) is 18.1. The van der Waals surface area contributed by atoms with E-state index < -0.39 is 0 Å². The number of rotatable bonds is 6. The Balaban J connectivity index is 1.44. The lowest BCUT2D eigenvalue weighted by atomic mass is 9.86. The monoisotopic (exact) mass is 437 g/mol. The maximum atomic E-state index is 7.09. The number of nitrogens with zero attached hydrogens (tertiary/aromatic N) is 5. The molecule has 2 heterocycles. The fourth-order valence-corrected chi connectivity index (χ4v) is 4.47. The maximum absolute atomic E-state index is 7.09. The van der Waals surface area contributed by atoms with Crippen LogP contribution in [0.25, 0.3) is 27.1 Å². The normalized spacial score (nSPS) is 18.2. The molecule has 3 N–H and O–H groups in total. The van der Waals surface area contributed by atoms with Crippen molar-refractivity contribution in [3.63, 3.8) is 0 Å². The highest BCUT2D eigenvalue weighted by molar-refractivity contribution is 5.91. The smallest absolute Gasteiger partial charge is 0.224 e. The van der Waals surface area contributed by atoms with Crippen molar-refractivity contribution >= 4 is 22.7 Å². The second-order valence-corrected chi connectivity index (χ2v) is 8.74. The van der Waals surface area contributed by atoms with Crippen LogP contribution in [0.5, 0.6) is 0 Å². The van der Waals surface area contributed by atoms with Gasteiger partial charge in [-0.25, -0.2) is 14.5 Å². The summed E-state index contributed by atoms with van der Waals surface area (Å²) in [5, 5.41) is 9.26. The molecular formula is C26H27N7. The Hall–Kier alpha value is -3.76. The predicted octanol–water partition coefficient (Wildman–Crippen LogP) is 5.17. The van der Waals surface area contributed by atoms with Crippen LogP contribution in [0.15, 0.2) is 60.8 Å². The summed E-state index contributed by atoms with van der Waals surface area (Å²) in [6.07, 6.45) is 6.27. The van der Waals surface area contributed by atoms with Crippen LogP contribution < -0.4 is 11.1 Å². The molecule has 0 radical (unpaired) electrons. The van der Waals surface area contributed by atoms with Gasteiger partial charge in [-0.3, -0.25) is 0 Å². The molecule has 2 aromatic carbocycles. The number of nitrogens with two attached hydrogens (primary N) is 1. The Morgan fingerprint density at radius 3 is 2.52 bits per heavy atom. The van der Waals surface area contributed by atoms with Gasteiger partial charge in [-0.15, -0.1) is 0 Å². The third-order valence-electron chi connectivity index (χ3n) is 6.37. The molecule has 7 nitrogen and oxygen atoms in total. The zero-order chi connectivity index (χ0) is 22.6. The van der Waals surface area contributed by atoms with Crippen LogP contribution in [0, 0.1) is 12.5 Å². The van der Waals surface area contributed by atoms with Crippen molar-refractivity contribution in [1.29, 1.82) is 0 Å². The Morgan fingerprint density at radius 2 is 1.79 bits per heavy atom. The van der Waals surface area contributed by atoms with E-state index in [1.54, 1.807) is 0 Å². The molecule has 0 spiro atoms. The second-order valence-electron chi connectivity index (χ2n) is 8.74. The summed E-state index contributed by atoms with van der Waals surface area (Å²) in [5.74, 6) is 1.13. The number of fused-ring (bicyclic) bond motifs is 1. The predicted molar refractivity (Wildman–Crippen MR) is 131 cm³/mol. The molecule has 0 bridgehead atoms. The van der Waals surface area contributed by atoms with Gasteiger partial charge >= 0.3 is 0 Å². The van der Waals surface area contributed by atoms with E-state index in [2.05, 4.69) is 32.0 Å². The molecule has 1 aliphatic carbocycles. The van der Waals surface area contributed by atoms with Crippen LogP contribution in [0.4, 0.5) is 11.6 Å². The molecule has 7 heteroatoms. The molecular weight excluding hydrogens is 410 g/mol. The second kappa shape index (κ2) is 9.39. The van der Waals surface area contributed by atoms with Crippen LogP contribution in [0.2, 0.25) is 0 Å². The highest BCUT2D eigenvalue weighted by atomic mass is 15.3. The number of hydrogen-bond donors (Lipinski definition) is 2. The first-order valence-electron chi connectivity index (χ1n) is 11.4. The average Bonchev–Trinajstić information content (AvgIpc) is 3.22. The zero-order valence-corrected chi connectivity index (χ0v) is 18.5. The summed E-state index contributed by atoms with van der Waals surface area (Å²) >= 11 is 0. The van der Waals surface area contributed by atoms with Gasteiger partial charge in [-0.1, -0.05) is 54.6 Å². The summed E-state index contributed by atoms with van der Waals surface area (Å²) in [4.78, 5) is 12.9. The summed E-state index contributed by atoms with van der Waals surface area (Å²) in [7, 11) is 0. The molecule has 0 unspecified atom stereocenters. The van der Waals surface area contributed by atoms with Crippen molar-refractivity contribution in [2.75, 3.05) is 5.32 Å². The van der Waals surface area contributed by atoms with E-state index >= 15 is 0 Å². The number of nitrogens with one attached hydrogen (secondary N) is 1. The quantitative estimate of drug-likeness (QED) is 0.406. The number of benzene rings is 2. The number of aromatic nitrogens is 4. The molecule has 1 aliphatic rings. The van der Waals surface area contributed by atoms with Gasteiger partial charge in [0.25, 0.3) is 0 Å². The molecule has 1 saturated carbocycles. The highest BCUT2D eigenvalue weighted by Crippen LogP contribution is 2.30. The number of anilines is 1. The Morgan fingerprint density at radius 1 is 1.03 bits per heavy atom. The zero-order valence-electron chi connectivity index (χ0n) is 18.5. The van der Waals surface area contributed by atoms with E-state index in [9.17, 15) is 0 Å². The lowest BCUT2D eigenvalue weighted by Crippen LogP contribution is -2.28. The Kier molecular flexibility index (Phi) is 6.01. The van der Waals surface area contributed by atoms with E-state index in [1.165, 1.54) is 0 Å². The van der Waals surface area contributed by atoms with E-state index in [-0.39, 0.29) is 0 Å². The van der Waals surface area contributed by atoms with E-state index in [0.717, 1.165) is 60.1 Å². The molecule has 0 aliphatic heterocycles. The van der Waals surface area contributed by atoms with Crippen molar-refractivity contribution in [2.24, 2.45) is 11.7 Å². The van der Waals surface area contributed by atoms with Crippen molar-refractivity contribution in [1.82, 2.24) is 19.7 Å². The molecule has 0 saturated heterocycles. The first-order valence-corrected chi connectivity index (χ1v) is 11.4. The van der Waals surface area contributed by atoms with E-state index in [1.807, 2.05) is 48.7 Å². The van der Waals surface area contributed by atoms with Gasteiger partial charge in [0, 0.05) is 30.9 Å². The molecule has 0 amide bonds. The van der Waals surface area contributed by atoms with E-state index in [4.69, 9.17) is 22.4 Å². The highest BCUT2D eigenvalue weighted by Gasteiger charge is 2.22. The molecule has 4 aromatic rings. The molecule has 2 aromatic heterocycles. The van der Waals surface area contributed by atoms with Crippen LogP contribution in [-0.4, -0.2) is 25.8 Å². The van der Waals surface area contributed by atoms with Gasteiger partial charge in [-0.05, 0) is 37.2 Å². The molecule has 1 fully saturated rings. The van der Waals surface area contributed by atoms with E-state index in [0.29, 0.717) is 30.1 Å². The minimum Gasteiger partial charge on any atom is -0.350 e. The lowest BCUT2D eigenvalue weighted by molar-refractivity contribution is 0.288. The van der Waals surface area contributed by atoms with Crippen molar-refractivity contribution in [2.45, 2.75) is 44.8 Å². The van der Waals surface area contributed by atoms with Gasteiger partial charge in [-0.2, -0.15) is 10.1 Å². The summed E-state index contributed by atoms with van der Waals surface area (Å²) in [6.45, 7) is 8.51. The third-order valence-corrected chi connectivity index (χ3v) is 6.37.